The third-order valence-corrected chi connectivity index (χ3v) is 7.60. The van der Waals surface area contributed by atoms with Crippen LogP contribution in [0.5, 0.6) is 34.5 Å². The average Bonchev–Trinajstić information content (AvgIpc) is 3.31. The summed E-state index contributed by atoms with van der Waals surface area (Å²) in [5.41, 5.74) is 4.33. The van der Waals surface area contributed by atoms with E-state index in [1.54, 1.807) is 64.8 Å². The van der Waals surface area contributed by atoms with E-state index in [4.69, 9.17) is 18.9 Å². The van der Waals surface area contributed by atoms with Crippen molar-refractivity contribution in [2.45, 2.75) is 23.9 Å². The summed E-state index contributed by atoms with van der Waals surface area (Å²) in [6.07, 6.45) is -0.939. The number of phenols is 2. The van der Waals surface area contributed by atoms with Gasteiger partial charge in [0.25, 0.3) is 0 Å². The number of rotatable bonds is 8. The number of ether oxygens (including phenoxy) is 4. The van der Waals surface area contributed by atoms with Crippen molar-refractivity contribution in [1.29, 1.82) is 0 Å². The Morgan fingerprint density at radius 1 is 0.615 bits per heavy atom. The van der Waals surface area contributed by atoms with Gasteiger partial charge in [-0.15, -0.1) is 0 Å². The van der Waals surface area contributed by atoms with E-state index in [1.807, 2.05) is 42.5 Å². The summed E-state index contributed by atoms with van der Waals surface area (Å²) in [6.45, 7) is 0. The largest absolute Gasteiger partial charge is 0.508 e. The van der Waals surface area contributed by atoms with Crippen molar-refractivity contribution in [1.82, 2.24) is 0 Å². The normalized spacial score (nSPS) is 18.7. The highest BCUT2D eigenvalue weighted by atomic mass is 16.5. The maximum atomic E-state index is 12.0. The van der Waals surface area contributed by atoms with Gasteiger partial charge in [-0.05, 0) is 64.7 Å². The molecule has 0 amide bonds. The molecule has 0 bridgehead atoms. The number of fused-ring (bicyclic) bond motifs is 1. The lowest BCUT2D eigenvalue weighted by Gasteiger charge is -2.30. The maximum absolute atomic E-state index is 12.0. The highest BCUT2D eigenvalue weighted by molar-refractivity contribution is 5.61. The van der Waals surface area contributed by atoms with Crippen molar-refractivity contribution >= 4 is 0 Å². The fourth-order valence-corrected chi connectivity index (χ4v) is 5.82. The van der Waals surface area contributed by atoms with Gasteiger partial charge in [0.15, 0.2) is 0 Å². The van der Waals surface area contributed by atoms with Crippen LogP contribution >= 0.6 is 0 Å². The first-order valence-corrected chi connectivity index (χ1v) is 12.6. The summed E-state index contributed by atoms with van der Waals surface area (Å²) in [6, 6.07) is 23.3. The van der Waals surface area contributed by atoms with Crippen molar-refractivity contribution in [3.8, 4) is 34.5 Å². The highest BCUT2D eigenvalue weighted by Crippen LogP contribution is 2.62. The molecule has 0 unspecified atom stereocenters. The van der Waals surface area contributed by atoms with Crippen LogP contribution in [0.1, 0.15) is 51.7 Å². The zero-order valence-corrected chi connectivity index (χ0v) is 22.3. The minimum absolute atomic E-state index is 0.122. The Morgan fingerprint density at radius 3 is 1.69 bits per heavy atom. The van der Waals surface area contributed by atoms with Crippen molar-refractivity contribution in [3.63, 3.8) is 0 Å². The third kappa shape index (κ3) is 4.81. The van der Waals surface area contributed by atoms with Crippen LogP contribution in [0.3, 0.4) is 0 Å². The van der Waals surface area contributed by atoms with Gasteiger partial charge < -0.3 is 34.3 Å². The van der Waals surface area contributed by atoms with Gasteiger partial charge >= 0.3 is 0 Å². The minimum atomic E-state index is -0.939. The smallest absolute Gasteiger partial charge is 0.126 e. The Kier molecular flexibility index (Phi) is 7.26. The van der Waals surface area contributed by atoms with E-state index in [9.17, 15) is 15.3 Å². The molecule has 4 aromatic rings. The van der Waals surface area contributed by atoms with Gasteiger partial charge in [-0.3, -0.25) is 0 Å². The van der Waals surface area contributed by atoms with Crippen molar-refractivity contribution in [2.24, 2.45) is 0 Å². The SMILES string of the molecule is COc1cc(OC)cc([C@@H]2[C@@H](c3ccc(O)cc3)c3c(OC)cc(OC)cc3[C@H]2[C@H](O)c2ccc(O)cc2)c1. The zero-order chi connectivity index (χ0) is 27.7. The second kappa shape index (κ2) is 10.8. The topological polar surface area (TPSA) is 97.6 Å². The Morgan fingerprint density at radius 2 is 1.15 bits per heavy atom. The Balaban J connectivity index is 1.82. The number of phenolic OH excluding ortho intramolecular Hbond substituents is 2. The lowest BCUT2D eigenvalue weighted by molar-refractivity contribution is 0.134. The molecule has 3 N–H and O–H groups in total. The van der Waals surface area contributed by atoms with Crippen LogP contribution in [0.2, 0.25) is 0 Å². The van der Waals surface area contributed by atoms with E-state index in [0.717, 1.165) is 22.3 Å². The summed E-state index contributed by atoms with van der Waals surface area (Å²) in [7, 11) is 6.44. The molecule has 1 aliphatic rings. The summed E-state index contributed by atoms with van der Waals surface area (Å²) in [5, 5.41) is 32.0. The highest BCUT2D eigenvalue weighted by Gasteiger charge is 2.48. The van der Waals surface area contributed by atoms with E-state index < -0.39 is 12.0 Å². The fraction of sp³-hybridized carbons (Fsp3) is 0.250. The van der Waals surface area contributed by atoms with Crippen LogP contribution < -0.4 is 18.9 Å². The first-order valence-electron chi connectivity index (χ1n) is 12.6. The van der Waals surface area contributed by atoms with E-state index in [1.165, 1.54) is 0 Å². The average molecular weight is 529 g/mol. The van der Waals surface area contributed by atoms with Crippen LogP contribution in [-0.4, -0.2) is 43.8 Å². The van der Waals surface area contributed by atoms with Gasteiger partial charge in [0.1, 0.15) is 34.5 Å². The molecule has 0 radical (unpaired) electrons. The minimum Gasteiger partial charge on any atom is -0.508 e. The Labute approximate surface area is 227 Å². The second-order valence-electron chi connectivity index (χ2n) is 9.64. The summed E-state index contributed by atoms with van der Waals surface area (Å²) < 4.78 is 22.8. The molecule has 7 heteroatoms. The molecule has 7 nitrogen and oxygen atoms in total. The van der Waals surface area contributed by atoms with Gasteiger partial charge in [0, 0.05) is 35.4 Å². The molecule has 39 heavy (non-hydrogen) atoms. The molecule has 0 saturated heterocycles. The first kappa shape index (κ1) is 26.3. The molecule has 1 aliphatic carbocycles. The maximum Gasteiger partial charge on any atom is 0.126 e. The second-order valence-corrected chi connectivity index (χ2v) is 9.64. The van der Waals surface area contributed by atoms with E-state index in [0.29, 0.717) is 28.6 Å². The molecule has 0 heterocycles. The lowest BCUT2D eigenvalue weighted by atomic mass is 9.75. The lowest BCUT2D eigenvalue weighted by Crippen LogP contribution is -2.18. The van der Waals surface area contributed by atoms with Crippen LogP contribution in [0, 0.1) is 0 Å². The number of hydrogen-bond donors (Lipinski definition) is 3. The summed E-state index contributed by atoms with van der Waals surface area (Å²) in [5.74, 6) is 1.82. The monoisotopic (exact) mass is 528 g/mol. The van der Waals surface area contributed by atoms with Crippen molar-refractivity contribution < 1.29 is 34.3 Å². The molecule has 0 aliphatic heterocycles. The molecule has 0 spiro atoms. The quantitative estimate of drug-likeness (QED) is 0.263. The molecule has 202 valence electrons. The number of aliphatic hydroxyl groups is 1. The number of aromatic hydroxyl groups is 2. The Bertz CT molecular complexity index is 1420. The zero-order valence-electron chi connectivity index (χ0n) is 22.3. The molecule has 0 saturated carbocycles. The molecular weight excluding hydrogens is 496 g/mol. The number of benzene rings is 4. The van der Waals surface area contributed by atoms with Gasteiger partial charge in [-0.25, -0.2) is 0 Å². The van der Waals surface area contributed by atoms with Gasteiger partial charge in [-0.2, -0.15) is 0 Å². The fourth-order valence-electron chi connectivity index (χ4n) is 5.82. The molecule has 4 aromatic carbocycles. The first-order chi connectivity index (χ1) is 18.9. The predicted octanol–water partition coefficient (Wildman–Crippen LogP) is 5.88. The van der Waals surface area contributed by atoms with Gasteiger partial charge in [0.05, 0.1) is 34.5 Å². The predicted molar refractivity (Wildman–Crippen MR) is 148 cm³/mol. The standard InChI is InChI=1S/C32H32O7/c1-36-23-13-20(14-24(15-23)37-2)29-28(18-5-9-21(33)10-6-18)30-26(16-25(38-3)17-27(30)39-4)31(29)32(35)19-7-11-22(34)12-8-19/h5-17,28-29,31-35H,1-4H3/t28-,29-,31-,32-/m1/s1. The summed E-state index contributed by atoms with van der Waals surface area (Å²) >= 11 is 0. The Hall–Kier alpha value is -4.36. The summed E-state index contributed by atoms with van der Waals surface area (Å²) in [4.78, 5) is 0. The van der Waals surface area contributed by atoms with Crippen LogP contribution in [-0.2, 0) is 0 Å². The third-order valence-electron chi connectivity index (χ3n) is 7.60. The van der Waals surface area contributed by atoms with Crippen molar-refractivity contribution in [3.05, 3.63) is 107 Å². The number of methoxy groups -OCH3 is 4. The van der Waals surface area contributed by atoms with E-state index in [-0.39, 0.29) is 23.3 Å². The number of aliphatic hydroxyl groups excluding tert-OH is 1. The van der Waals surface area contributed by atoms with Gasteiger partial charge in [0.2, 0.25) is 0 Å². The van der Waals surface area contributed by atoms with Gasteiger partial charge in [-0.1, -0.05) is 24.3 Å². The van der Waals surface area contributed by atoms with Crippen LogP contribution in [0.4, 0.5) is 0 Å². The molecule has 0 fully saturated rings. The molecule has 5 rings (SSSR count). The van der Waals surface area contributed by atoms with Crippen molar-refractivity contribution in [2.75, 3.05) is 28.4 Å². The molecule has 4 atom stereocenters. The molecular formula is C32H32O7. The van der Waals surface area contributed by atoms with E-state index in [2.05, 4.69) is 0 Å². The van der Waals surface area contributed by atoms with E-state index >= 15 is 0 Å². The molecule has 0 aromatic heterocycles. The van der Waals surface area contributed by atoms with Crippen LogP contribution in [0.15, 0.2) is 78.9 Å². The number of hydrogen-bond acceptors (Lipinski definition) is 7. The van der Waals surface area contributed by atoms with Crippen LogP contribution in [0.25, 0.3) is 0 Å².